The molecule has 1 unspecified atom stereocenters. The van der Waals surface area contributed by atoms with Crippen LogP contribution in [0.1, 0.15) is 22.8 Å². The van der Waals surface area contributed by atoms with Crippen LogP contribution >= 0.6 is 7.37 Å². The third kappa shape index (κ3) is 4.92. The van der Waals surface area contributed by atoms with E-state index in [0.29, 0.717) is 17.6 Å². The summed E-state index contributed by atoms with van der Waals surface area (Å²) in [5.41, 5.74) is 1.64. The van der Waals surface area contributed by atoms with Crippen molar-refractivity contribution >= 4 is 19.4 Å². The Kier molecular flexibility index (Phi) is 5.91. The summed E-state index contributed by atoms with van der Waals surface area (Å²) in [5.74, 6) is -0.311. The van der Waals surface area contributed by atoms with Gasteiger partial charge in [-0.2, -0.15) is 0 Å². The topological polar surface area (TPSA) is 55.4 Å². The maximum Gasteiger partial charge on any atom is 0.255 e. The van der Waals surface area contributed by atoms with Crippen LogP contribution in [0.2, 0.25) is 0 Å². The van der Waals surface area contributed by atoms with Crippen molar-refractivity contribution in [3.8, 4) is 0 Å². The Labute approximate surface area is 136 Å². The Balaban J connectivity index is 2.33. The fourth-order valence-corrected chi connectivity index (χ4v) is 3.38. The zero-order chi connectivity index (χ0) is 16.7. The normalized spacial score (nSPS) is 14.1. The molecular weight excluding hydrogens is 309 g/mol. The monoisotopic (exact) mass is 329 g/mol. The fourth-order valence-electron chi connectivity index (χ4n) is 2.06. The van der Waals surface area contributed by atoms with Crippen molar-refractivity contribution in [2.24, 2.45) is 0 Å². The van der Waals surface area contributed by atoms with E-state index in [1.165, 1.54) is 6.66 Å². The molecule has 23 heavy (non-hydrogen) atoms. The van der Waals surface area contributed by atoms with Gasteiger partial charge in [0.25, 0.3) is 5.91 Å². The van der Waals surface area contributed by atoms with Crippen LogP contribution in [0.5, 0.6) is 0 Å². The largest absolute Gasteiger partial charge is 0.325 e. The molecule has 1 amide bonds. The van der Waals surface area contributed by atoms with Crippen LogP contribution in [0.25, 0.3) is 6.08 Å². The third-order valence-electron chi connectivity index (χ3n) is 3.19. The minimum absolute atomic E-state index is 0.291. The number of amides is 1. The molecule has 2 aromatic rings. The molecule has 2 aromatic carbocycles. The molecule has 0 aliphatic heterocycles. The summed E-state index contributed by atoms with van der Waals surface area (Å²) in [5, 5.41) is 2.74. The first-order valence-electron chi connectivity index (χ1n) is 7.38. The van der Waals surface area contributed by atoms with Crippen molar-refractivity contribution in [1.29, 1.82) is 0 Å². The second-order valence-electron chi connectivity index (χ2n) is 5.02. The van der Waals surface area contributed by atoms with E-state index < -0.39 is 7.37 Å². The first kappa shape index (κ1) is 17.2. The first-order chi connectivity index (χ1) is 11.0. The smallest absolute Gasteiger partial charge is 0.255 e. The van der Waals surface area contributed by atoms with Crippen LogP contribution in [0.15, 0.2) is 66.1 Å². The molecule has 2 rings (SSSR count). The maximum atomic E-state index is 12.8. The fraction of sp³-hybridized carbons (Fsp3) is 0.167. The summed E-state index contributed by atoms with van der Waals surface area (Å²) in [6.45, 7) is 3.59. The Morgan fingerprint density at radius 1 is 1.09 bits per heavy atom. The van der Waals surface area contributed by atoms with Crippen LogP contribution < -0.4 is 5.32 Å². The predicted molar refractivity (Wildman–Crippen MR) is 93.5 cm³/mol. The third-order valence-corrected chi connectivity index (χ3v) is 5.06. The molecule has 1 N–H and O–H groups in total. The van der Waals surface area contributed by atoms with Gasteiger partial charge in [0.1, 0.15) is 5.44 Å². The molecule has 0 heterocycles. The van der Waals surface area contributed by atoms with Gasteiger partial charge in [0.05, 0.1) is 6.61 Å². The second-order valence-corrected chi connectivity index (χ2v) is 7.46. The van der Waals surface area contributed by atoms with Gasteiger partial charge in [-0.25, -0.2) is 0 Å². The molecule has 120 valence electrons. The Hall–Kier alpha value is -2.16. The predicted octanol–water partition coefficient (Wildman–Crippen LogP) is 4.36. The minimum atomic E-state index is -3.11. The Bertz CT molecular complexity index is 726. The quantitative estimate of drug-likeness (QED) is 0.801. The molecular formula is C18H20NO3P. The molecule has 0 fully saturated rings. The summed E-state index contributed by atoms with van der Waals surface area (Å²) in [7, 11) is -3.11. The molecule has 0 aliphatic carbocycles. The lowest BCUT2D eigenvalue weighted by atomic mass is 10.2. The van der Waals surface area contributed by atoms with Crippen LogP contribution in [0, 0.1) is 0 Å². The van der Waals surface area contributed by atoms with E-state index in [1.54, 1.807) is 37.3 Å². The summed E-state index contributed by atoms with van der Waals surface area (Å²) >= 11 is 0. The van der Waals surface area contributed by atoms with E-state index in [2.05, 4.69) is 5.32 Å². The molecule has 0 radical (unpaired) electrons. The summed E-state index contributed by atoms with van der Waals surface area (Å²) < 4.78 is 18.2. The van der Waals surface area contributed by atoms with Crippen LogP contribution in [0.4, 0.5) is 0 Å². The van der Waals surface area contributed by atoms with Gasteiger partial charge in [0.2, 0.25) is 7.37 Å². The zero-order valence-corrected chi connectivity index (χ0v) is 14.1. The lowest BCUT2D eigenvalue weighted by Crippen LogP contribution is -2.23. The highest BCUT2D eigenvalue weighted by atomic mass is 31.2. The first-order valence-corrected chi connectivity index (χ1v) is 9.46. The standard InChI is InChI=1S/C18H20NO3P/c1-3-22-23(2,21)17(14-15-10-6-4-7-11-15)19-18(20)16-12-8-5-9-13-16/h4-14H,3H2,1-2H3,(H,19,20)/b17-14+. The molecule has 0 saturated carbocycles. The maximum absolute atomic E-state index is 12.8. The van der Waals surface area contributed by atoms with Gasteiger partial charge >= 0.3 is 0 Å². The van der Waals surface area contributed by atoms with Crippen molar-refractivity contribution in [3.63, 3.8) is 0 Å². The van der Waals surface area contributed by atoms with Gasteiger partial charge in [-0.05, 0) is 30.7 Å². The average molecular weight is 329 g/mol. The zero-order valence-electron chi connectivity index (χ0n) is 13.2. The number of hydrogen-bond donors (Lipinski definition) is 1. The second kappa shape index (κ2) is 7.91. The SMILES string of the molecule is CCOP(C)(=O)/C(=C/c1ccccc1)NC(=O)c1ccccc1. The number of carbonyl (C=O) groups is 1. The van der Waals surface area contributed by atoms with Crippen molar-refractivity contribution in [2.75, 3.05) is 13.3 Å². The summed E-state index contributed by atoms with van der Waals surface area (Å²) in [6, 6.07) is 18.2. The van der Waals surface area contributed by atoms with Gasteiger partial charge < -0.3 is 9.84 Å². The summed E-state index contributed by atoms with van der Waals surface area (Å²) in [6.07, 6.45) is 1.69. The van der Waals surface area contributed by atoms with Crippen LogP contribution in [0.3, 0.4) is 0 Å². The highest BCUT2D eigenvalue weighted by molar-refractivity contribution is 7.62. The van der Waals surface area contributed by atoms with Crippen LogP contribution in [-0.2, 0) is 9.09 Å². The van der Waals surface area contributed by atoms with E-state index in [-0.39, 0.29) is 5.91 Å². The number of nitrogens with one attached hydrogen (secondary N) is 1. The molecule has 5 heteroatoms. The van der Waals surface area contributed by atoms with Gasteiger partial charge in [-0.3, -0.25) is 9.36 Å². The van der Waals surface area contributed by atoms with E-state index >= 15 is 0 Å². The number of benzene rings is 2. The molecule has 0 bridgehead atoms. The van der Waals surface area contributed by atoms with Crippen molar-refractivity contribution in [2.45, 2.75) is 6.92 Å². The molecule has 0 saturated heterocycles. The van der Waals surface area contributed by atoms with Crippen LogP contribution in [-0.4, -0.2) is 19.2 Å². The number of rotatable bonds is 6. The molecule has 4 nitrogen and oxygen atoms in total. The van der Waals surface area contributed by atoms with Gasteiger partial charge in [-0.1, -0.05) is 48.5 Å². The number of carbonyl (C=O) groups excluding carboxylic acids is 1. The average Bonchev–Trinajstić information content (AvgIpc) is 2.56. The molecule has 0 aromatic heterocycles. The van der Waals surface area contributed by atoms with E-state index in [1.807, 2.05) is 36.4 Å². The highest BCUT2D eigenvalue weighted by Crippen LogP contribution is 2.50. The minimum Gasteiger partial charge on any atom is -0.325 e. The van der Waals surface area contributed by atoms with Gasteiger partial charge in [0, 0.05) is 12.2 Å². The lowest BCUT2D eigenvalue weighted by molar-refractivity contribution is 0.0967. The molecule has 1 atom stereocenters. The van der Waals surface area contributed by atoms with Crippen molar-refractivity contribution in [1.82, 2.24) is 5.32 Å². The highest BCUT2D eigenvalue weighted by Gasteiger charge is 2.24. The Morgan fingerprint density at radius 2 is 1.65 bits per heavy atom. The lowest BCUT2D eigenvalue weighted by Gasteiger charge is -2.18. The van der Waals surface area contributed by atoms with Gasteiger partial charge in [0.15, 0.2) is 0 Å². The van der Waals surface area contributed by atoms with E-state index in [9.17, 15) is 9.36 Å². The van der Waals surface area contributed by atoms with E-state index in [0.717, 1.165) is 5.56 Å². The number of hydrogen-bond acceptors (Lipinski definition) is 3. The van der Waals surface area contributed by atoms with Crippen molar-refractivity contribution in [3.05, 3.63) is 77.2 Å². The summed E-state index contributed by atoms with van der Waals surface area (Å²) in [4.78, 5) is 12.4. The van der Waals surface area contributed by atoms with Gasteiger partial charge in [-0.15, -0.1) is 0 Å². The van der Waals surface area contributed by atoms with E-state index in [4.69, 9.17) is 4.52 Å². The Morgan fingerprint density at radius 3 is 2.22 bits per heavy atom. The van der Waals surface area contributed by atoms with Crippen molar-refractivity contribution < 1.29 is 13.9 Å². The molecule has 0 spiro atoms. The molecule has 0 aliphatic rings.